The average molecular weight is 896 g/mol. The van der Waals surface area contributed by atoms with Gasteiger partial charge in [-0.1, -0.05) is 190 Å². The van der Waals surface area contributed by atoms with Gasteiger partial charge in [0.25, 0.3) is 0 Å². The van der Waals surface area contributed by atoms with Gasteiger partial charge in [0.05, 0.1) is 5.69 Å². The Morgan fingerprint density at radius 1 is 0.478 bits per heavy atom. The molecule has 2 aliphatic rings. The van der Waals surface area contributed by atoms with Crippen molar-refractivity contribution in [2.24, 2.45) is 0 Å². The van der Waals surface area contributed by atoms with E-state index >= 15 is 0 Å². The Hall–Kier alpha value is -7.50. The number of aromatic nitrogens is 1. The molecule has 0 spiro atoms. The van der Waals surface area contributed by atoms with Gasteiger partial charge in [-0.2, -0.15) is 0 Å². The van der Waals surface area contributed by atoms with E-state index < -0.39 is 0 Å². The summed E-state index contributed by atoms with van der Waals surface area (Å²) in [7, 11) is 0. The first-order valence-corrected chi connectivity index (χ1v) is 24.6. The van der Waals surface area contributed by atoms with Crippen molar-refractivity contribution in [2.45, 2.75) is 78.6 Å². The van der Waals surface area contributed by atoms with Crippen molar-refractivity contribution in [3.8, 4) is 33.6 Å². The number of hydrogen-bond acceptors (Lipinski definition) is 3. The summed E-state index contributed by atoms with van der Waals surface area (Å²) in [6, 6.07) is 69.6. The van der Waals surface area contributed by atoms with Crippen LogP contribution in [0.2, 0.25) is 0 Å². The molecule has 0 N–H and O–H groups in total. The lowest BCUT2D eigenvalue weighted by molar-refractivity contribution is 0.585. The molecule has 5 heteroatoms. The monoisotopic (exact) mass is 895 g/mol. The molecule has 0 amide bonds. The maximum Gasteiger partial charge on any atom is 0.337 e. The lowest BCUT2D eigenvalue weighted by Gasteiger charge is -2.40. The summed E-state index contributed by atoms with van der Waals surface area (Å²) < 4.78 is 10.3. The fraction of sp³-hybridized carbons (Fsp3) is 0.188. The van der Waals surface area contributed by atoms with E-state index in [0.29, 0.717) is 0 Å². The van der Waals surface area contributed by atoms with Crippen LogP contribution in [0, 0.1) is 0 Å². The van der Waals surface area contributed by atoms with Gasteiger partial charge in [0.15, 0.2) is 0 Å². The third-order valence-corrected chi connectivity index (χ3v) is 14.6. The first-order valence-electron chi connectivity index (χ1n) is 24.6. The van der Waals surface area contributed by atoms with Crippen LogP contribution in [-0.4, -0.2) is 11.3 Å². The highest BCUT2D eigenvalue weighted by molar-refractivity contribution is 6.91. The van der Waals surface area contributed by atoms with Crippen LogP contribution in [0.3, 0.4) is 0 Å². The van der Waals surface area contributed by atoms with Gasteiger partial charge in [0.1, 0.15) is 5.76 Å². The van der Waals surface area contributed by atoms with E-state index in [2.05, 4.69) is 265 Å². The number of anilines is 6. The Bertz CT molecular complexity index is 3550. The van der Waals surface area contributed by atoms with Gasteiger partial charge >= 0.3 is 6.85 Å². The number of rotatable bonds is 6. The summed E-state index contributed by atoms with van der Waals surface area (Å²) in [6.45, 7) is 20.6. The summed E-state index contributed by atoms with van der Waals surface area (Å²) in [6.07, 6.45) is 0. The summed E-state index contributed by atoms with van der Waals surface area (Å²) in [5.74, 6) is 1.72. The standard InChI is InChI=1S/C64H58BN3O/c1-62(2,3)43-30-33-48(34-31-43)67-54-40-45(64(7,8)9)39-50-49-35-37-53(66(46-26-18-12-19-27-46)47-28-20-13-21-29-47)56-51-38-44(63(4,5)6)32-36-52(51)68(59(49)56)65(57(50)54)58-55(41-22-14-10-15-23-41)60(69-61(58)67)42-24-16-11-17-25-42/h10-40H,1-9H3. The highest BCUT2D eigenvalue weighted by atomic mass is 16.4. The highest BCUT2D eigenvalue weighted by Gasteiger charge is 2.48. The second kappa shape index (κ2) is 15.5. The number of hydrogen-bond donors (Lipinski definition) is 0. The van der Waals surface area contributed by atoms with Crippen LogP contribution in [0.15, 0.2) is 192 Å². The Morgan fingerprint density at radius 3 is 1.61 bits per heavy atom. The van der Waals surface area contributed by atoms with Crippen molar-refractivity contribution < 1.29 is 4.42 Å². The molecule has 0 fully saturated rings. The van der Waals surface area contributed by atoms with Crippen molar-refractivity contribution in [1.29, 1.82) is 0 Å². The van der Waals surface area contributed by atoms with Crippen molar-refractivity contribution in [2.75, 3.05) is 9.80 Å². The summed E-state index contributed by atoms with van der Waals surface area (Å²) >= 11 is 0. The first kappa shape index (κ1) is 42.8. The summed E-state index contributed by atoms with van der Waals surface area (Å²) in [5, 5.41) is 2.48. The fourth-order valence-corrected chi connectivity index (χ4v) is 11.1. The molecule has 0 saturated carbocycles. The van der Waals surface area contributed by atoms with Crippen LogP contribution in [-0.2, 0) is 16.2 Å². The first-order chi connectivity index (χ1) is 33.2. The number of fused-ring (bicyclic) bond motifs is 7. The van der Waals surface area contributed by atoms with E-state index in [1.54, 1.807) is 0 Å². The van der Waals surface area contributed by atoms with Gasteiger partial charge in [-0.05, 0) is 110 Å². The van der Waals surface area contributed by atoms with E-state index in [1.165, 1.54) is 55.1 Å². The number of nitrogens with zero attached hydrogens (tertiary/aromatic N) is 3. The van der Waals surface area contributed by atoms with Crippen molar-refractivity contribution in [3.63, 3.8) is 0 Å². The minimum atomic E-state index is -0.245. The van der Waals surface area contributed by atoms with Gasteiger partial charge in [-0.15, -0.1) is 0 Å². The molecule has 8 aromatic carbocycles. The second-order valence-corrected chi connectivity index (χ2v) is 22.2. The number of para-hydroxylation sites is 2. The van der Waals surface area contributed by atoms with E-state index in [4.69, 9.17) is 4.42 Å². The predicted octanol–water partition coefficient (Wildman–Crippen LogP) is 16.5. The zero-order valence-electron chi connectivity index (χ0n) is 41.2. The summed E-state index contributed by atoms with van der Waals surface area (Å²) in [5.41, 5.74) is 19.9. The Labute approximate surface area is 407 Å². The molecular formula is C64H58BN3O. The highest BCUT2D eigenvalue weighted by Crippen LogP contribution is 2.53. The molecule has 338 valence electrons. The zero-order chi connectivity index (χ0) is 47.6. The average Bonchev–Trinajstić information content (AvgIpc) is 3.91. The quantitative estimate of drug-likeness (QED) is 0.155. The molecule has 2 aliphatic heterocycles. The molecule has 69 heavy (non-hydrogen) atoms. The molecule has 0 bridgehead atoms. The van der Waals surface area contributed by atoms with Crippen LogP contribution < -0.4 is 20.7 Å². The zero-order valence-corrected chi connectivity index (χ0v) is 41.2. The van der Waals surface area contributed by atoms with Crippen molar-refractivity contribution in [1.82, 2.24) is 4.48 Å². The molecule has 0 unspecified atom stereocenters. The molecule has 2 aromatic heterocycles. The van der Waals surface area contributed by atoms with E-state index in [0.717, 1.165) is 62.2 Å². The van der Waals surface area contributed by atoms with E-state index in [1.807, 2.05) is 0 Å². The van der Waals surface area contributed by atoms with Crippen LogP contribution in [0.4, 0.5) is 34.3 Å². The molecule has 0 aliphatic carbocycles. The molecule has 12 rings (SSSR count). The smallest absolute Gasteiger partial charge is 0.337 e. The summed E-state index contributed by atoms with van der Waals surface area (Å²) in [4.78, 5) is 4.90. The van der Waals surface area contributed by atoms with Crippen LogP contribution >= 0.6 is 0 Å². The lowest BCUT2D eigenvalue weighted by atomic mass is 9.44. The minimum absolute atomic E-state index is 0.000507. The van der Waals surface area contributed by atoms with E-state index in [9.17, 15) is 0 Å². The molecule has 10 aromatic rings. The SMILES string of the molecule is CC(C)(C)c1ccc(N2c3cc(C(C)(C)C)cc4c3B(c3c2oc(-c2ccccc2)c3-c2ccccc2)n2c3ccc(C(C)(C)C)cc3c3c(N(c5ccccc5)c5ccccc5)ccc-4c32)cc1. The Balaban J connectivity index is 1.28. The minimum Gasteiger partial charge on any atom is -0.440 e. The molecule has 4 heterocycles. The Morgan fingerprint density at radius 2 is 1.03 bits per heavy atom. The fourth-order valence-electron chi connectivity index (χ4n) is 11.1. The Kier molecular flexibility index (Phi) is 9.63. The lowest BCUT2D eigenvalue weighted by Crippen LogP contribution is -2.56. The maximum absolute atomic E-state index is 7.64. The molecule has 0 atom stereocenters. The van der Waals surface area contributed by atoms with Gasteiger partial charge < -0.3 is 13.8 Å². The third kappa shape index (κ3) is 6.80. The normalized spacial score (nSPS) is 13.2. The number of benzene rings is 8. The third-order valence-electron chi connectivity index (χ3n) is 14.6. The van der Waals surface area contributed by atoms with Crippen LogP contribution in [0.1, 0.15) is 79.0 Å². The number of furan rings is 1. The topological polar surface area (TPSA) is 24.6 Å². The van der Waals surface area contributed by atoms with Crippen molar-refractivity contribution in [3.05, 3.63) is 205 Å². The predicted molar refractivity (Wildman–Crippen MR) is 294 cm³/mol. The van der Waals surface area contributed by atoms with Crippen LogP contribution in [0.25, 0.3) is 55.4 Å². The molecule has 0 radical (unpaired) electrons. The molecular weight excluding hydrogens is 838 g/mol. The van der Waals surface area contributed by atoms with Gasteiger partial charge in [-0.3, -0.25) is 4.90 Å². The van der Waals surface area contributed by atoms with Gasteiger partial charge in [-0.25, -0.2) is 0 Å². The van der Waals surface area contributed by atoms with Gasteiger partial charge in [0.2, 0.25) is 5.88 Å². The van der Waals surface area contributed by atoms with Crippen LogP contribution in [0.5, 0.6) is 0 Å². The molecule has 0 saturated heterocycles. The second-order valence-electron chi connectivity index (χ2n) is 22.2. The van der Waals surface area contributed by atoms with Gasteiger partial charge in [0, 0.05) is 66.7 Å². The van der Waals surface area contributed by atoms with E-state index in [-0.39, 0.29) is 23.1 Å². The maximum atomic E-state index is 7.64. The molecule has 4 nitrogen and oxygen atoms in total. The largest absolute Gasteiger partial charge is 0.440 e. The van der Waals surface area contributed by atoms with Crippen molar-refractivity contribution >= 4 is 73.9 Å².